The van der Waals surface area contributed by atoms with E-state index in [1.165, 1.54) is 0 Å². The van der Waals surface area contributed by atoms with Crippen LogP contribution in [0.3, 0.4) is 0 Å². The molecule has 0 spiro atoms. The molecule has 6 heteroatoms. The summed E-state index contributed by atoms with van der Waals surface area (Å²) in [5.41, 5.74) is -0.485. The zero-order valence-corrected chi connectivity index (χ0v) is 17.1. The second kappa shape index (κ2) is 9.41. The number of piperidine rings is 1. The van der Waals surface area contributed by atoms with Crippen LogP contribution in [0.4, 0.5) is 4.79 Å². The lowest BCUT2D eigenvalue weighted by atomic mass is 9.95. The van der Waals surface area contributed by atoms with Gasteiger partial charge in [-0.25, -0.2) is 4.79 Å². The minimum atomic E-state index is -0.485. The summed E-state index contributed by atoms with van der Waals surface area (Å²) in [5.74, 6) is 0.645. The Kier molecular flexibility index (Phi) is 8.19. The summed E-state index contributed by atoms with van der Waals surface area (Å²) in [5, 5.41) is 3.22. The Morgan fingerprint density at radius 1 is 1.20 bits per heavy atom. The largest absolute Gasteiger partial charge is 0.444 e. The molecule has 1 heterocycles. The lowest BCUT2D eigenvalue weighted by molar-refractivity contribution is -0.127. The number of carbonyl (C=O) groups excluding carboxylic acids is 2. The van der Waals surface area contributed by atoms with Crippen molar-refractivity contribution < 1.29 is 14.3 Å². The maximum Gasteiger partial charge on any atom is 0.410 e. The molecule has 0 radical (unpaired) electrons. The summed E-state index contributed by atoms with van der Waals surface area (Å²) in [7, 11) is 4.05. The smallest absolute Gasteiger partial charge is 0.410 e. The van der Waals surface area contributed by atoms with Gasteiger partial charge in [0.05, 0.1) is 0 Å². The molecule has 0 aliphatic carbocycles. The third kappa shape index (κ3) is 8.56. The van der Waals surface area contributed by atoms with E-state index < -0.39 is 5.60 Å². The van der Waals surface area contributed by atoms with Gasteiger partial charge in [0.2, 0.25) is 5.91 Å². The zero-order valence-electron chi connectivity index (χ0n) is 17.1. The van der Waals surface area contributed by atoms with Crippen LogP contribution in [0, 0.1) is 11.8 Å². The number of ether oxygens (including phenoxy) is 1. The number of hydrogen-bond donors (Lipinski definition) is 1. The van der Waals surface area contributed by atoms with Crippen LogP contribution in [0.15, 0.2) is 0 Å². The number of hydrogen-bond acceptors (Lipinski definition) is 4. The molecule has 25 heavy (non-hydrogen) atoms. The van der Waals surface area contributed by atoms with E-state index in [0.29, 0.717) is 31.8 Å². The summed E-state index contributed by atoms with van der Waals surface area (Å²) >= 11 is 0. The van der Waals surface area contributed by atoms with Gasteiger partial charge in [-0.05, 0) is 60.0 Å². The molecule has 0 aromatic carbocycles. The highest BCUT2D eigenvalue weighted by Crippen LogP contribution is 2.20. The molecule has 1 saturated heterocycles. The van der Waals surface area contributed by atoms with E-state index in [1.54, 1.807) is 4.90 Å². The molecule has 0 aromatic rings. The van der Waals surface area contributed by atoms with Gasteiger partial charge in [0.25, 0.3) is 0 Å². The second-order valence-electron chi connectivity index (χ2n) is 8.84. The molecule has 2 amide bonds. The molecule has 146 valence electrons. The summed E-state index contributed by atoms with van der Waals surface area (Å²) in [6, 6.07) is 0.173. The predicted molar refractivity (Wildman–Crippen MR) is 100 cm³/mol. The van der Waals surface area contributed by atoms with Crippen molar-refractivity contribution in [1.82, 2.24) is 15.1 Å². The highest BCUT2D eigenvalue weighted by atomic mass is 16.6. The molecular formula is C19H37N3O3. The first-order valence-electron chi connectivity index (χ1n) is 9.41. The van der Waals surface area contributed by atoms with Gasteiger partial charge in [0.15, 0.2) is 0 Å². The first-order chi connectivity index (χ1) is 11.5. The number of likely N-dealkylation sites (N-methyl/N-ethyl adjacent to an activating group) is 1. The van der Waals surface area contributed by atoms with Gasteiger partial charge in [-0.3, -0.25) is 4.79 Å². The summed E-state index contributed by atoms with van der Waals surface area (Å²) in [6.07, 6.45) is 2.08. The summed E-state index contributed by atoms with van der Waals surface area (Å²) in [4.78, 5) is 28.5. The van der Waals surface area contributed by atoms with Gasteiger partial charge in [0.1, 0.15) is 5.60 Å². The van der Waals surface area contributed by atoms with E-state index in [9.17, 15) is 9.59 Å². The van der Waals surface area contributed by atoms with Gasteiger partial charge in [-0.1, -0.05) is 13.8 Å². The van der Waals surface area contributed by atoms with Crippen LogP contribution in [0.1, 0.15) is 53.9 Å². The number of likely N-dealkylation sites (tertiary alicyclic amines) is 1. The average Bonchev–Trinajstić information content (AvgIpc) is 2.44. The van der Waals surface area contributed by atoms with Crippen molar-refractivity contribution in [1.29, 1.82) is 0 Å². The molecule has 1 atom stereocenters. The van der Waals surface area contributed by atoms with Crippen molar-refractivity contribution >= 4 is 12.0 Å². The van der Waals surface area contributed by atoms with Crippen LogP contribution in [-0.2, 0) is 9.53 Å². The Labute approximate surface area is 153 Å². The van der Waals surface area contributed by atoms with E-state index in [-0.39, 0.29) is 24.0 Å². The van der Waals surface area contributed by atoms with Crippen molar-refractivity contribution in [3.8, 4) is 0 Å². The maximum atomic E-state index is 12.6. The fourth-order valence-electron chi connectivity index (χ4n) is 3.16. The first-order valence-corrected chi connectivity index (χ1v) is 9.41. The van der Waals surface area contributed by atoms with Gasteiger partial charge in [-0.2, -0.15) is 0 Å². The van der Waals surface area contributed by atoms with Crippen LogP contribution >= 0.6 is 0 Å². The number of rotatable bonds is 6. The van der Waals surface area contributed by atoms with E-state index in [1.807, 2.05) is 34.9 Å². The predicted octanol–water partition coefficient (Wildman–Crippen LogP) is 2.73. The van der Waals surface area contributed by atoms with Gasteiger partial charge < -0.3 is 19.9 Å². The van der Waals surface area contributed by atoms with Crippen molar-refractivity contribution in [3.05, 3.63) is 0 Å². The highest BCUT2D eigenvalue weighted by molar-refractivity contribution is 5.79. The normalized spacial score (nSPS) is 17.7. The quantitative estimate of drug-likeness (QED) is 0.796. The molecule has 1 fully saturated rings. The standard InChI is InChI=1S/C19H37N3O3/c1-14(2)12-16(13-21(6)7)20-17(23)15-8-10-22(11-9-15)18(24)25-19(3,4)5/h14-16H,8-13H2,1-7H3,(H,20,23). The third-order valence-corrected chi connectivity index (χ3v) is 4.21. The number of carbonyl (C=O) groups is 2. The van der Waals surface area contributed by atoms with Crippen LogP contribution in [0.5, 0.6) is 0 Å². The van der Waals surface area contributed by atoms with E-state index >= 15 is 0 Å². The fourth-order valence-corrected chi connectivity index (χ4v) is 3.16. The monoisotopic (exact) mass is 355 g/mol. The Balaban J connectivity index is 2.49. The number of nitrogens with zero attached hydrogens (tertiary/aromatic N) is 2. The molecule has 0 bridgehead atoms. The molecule has 1 unspecified atom stereocenters. The van der Waals surface area contributed by atoms with Crippen molar-refractivity contribution in [3.63, 3.8) is 0 Å². The van der Waals surface area contributed by atoms with Crippen LogP contribution in [0.2, 0.25) is 0 Å². The van der Waals surface area contributed by atoms with Crippen molar-refractivity contribution in [2.24, 2.45) is 11.8 Å². The van der Waals surface area contributed by atoms with E-state index in [2.05, 4.69) is 24.1 Å². The molecule has 1 aliphatic heterocycles. The van der Waals surface area contributed by atoms with Crippen LogP contribution in [-0.4, -0.2) is 67.2 Å². The van der Waals surface area contributed by atoms with E-state index in [4.69, 9.17) is 4.74 Å². The number of amides is 2. The van der Waals surface area contributed by atoms with Gasteiger partial charge in [0, 0.05) is 31.6 Å². The third-order valence-electron chi connectivity index (χ3n) is 4.21. The highest BCUT2D eigenvalue weighted by Gasteiger charge is 2.30. The lowest BCUT2D eigenvalue weighted by Crippen LogP contribution is -2.48. The van der Waals surface area contributed by atoms with Crippen molar-refractivity contribution in [2.75, 3.05) is 33.7 Å². The van der Waals surface area contributed by atoms with Gasteiger partial charge in [-0.15, -0.1) is 0 Å². The fraction of sp³-hybridized carbons (Fsp3) is 0.895. The molecule has 1 rings (SSSR count). The molecule has 1 aliphatic rings. The Morgan fingerprint density at radius 2 is 1.76 bits per heavy atom. The Bertz CT molecular complexity index is 426. The van der Waals surface area contributed by atoms with Gasteiger partial charge >= 0.3 is 6.09 Å². The molecule has 0 saturated carbocycles. The zero-order chi connectivity index (χ0) is 19.2. The Morgan fingerprint density at radius 3 is 2.20 bits per heavy atom. The van der Waals surface area contributed by atoms with Crippen LogP contribution in [0.25, 0.3) is 0 Å². The first kappa shape index (κ1) is 21.7. The van der Waals surface area contributed by atoms with E-state index in [0.717, 1.165) is 13.0 Å². The molecule has 1 N–H and O–H groups in total. The summed E-state index contributed by atoms with van der Waals surface area (Å²) < 4.78 is 5.41. The van der Waals surface area contributed by atoms with Crippen molar-refractivity contribution in [2.45, 2.75) is 65.5 Å². The minimum absolute atomic E-state index is 0.0180. The minimum Gasteiger partial charge on any atom is -0.444 e. The topological polar surface area (TPSA) is 61.9 Å². The Hall–Kier alpha value is -1.30. The average molecular weight is 356 g/mol. The molecule has 6 nitrogen and oxygen atoms in total. The SMILES string of the molecule is CC(C)CC(CN(C)C)NC(=O)C1CCN(C(=O)OC(C)(C)C)CC1. The van der Waals surface area contributed by atoms with Crippen LogP contribution < -0.4 is 5.32 Å². The number of nitrogens with one attached hydrogen (secondary N) is 1. The second-order valence-corrected chi connectivity index (χ2v) is 8.84. The molecular weight excluding hydrogens is 318 g/mol. The summed E-state index contributed by atoms with van der Waals surface area (Å²) in [6.45, 7) is 12.0. The maximum absolute atomic E-state index is 12.6. The molecule has 0 aromatic heterocycles. The lowest BCUT2D eigenvalue weighted by Gasteiger charge is -2.34.